The van der Waals surface area contributed by atoms with E-state index in [9.17, 15) is 18.0 Å². The Morgan fingerprint density at radius 3 is 2.50 bits per heavy atom. The minimum absolute atomic E-state index is 0.0337. The van der Waals surface area contributed by atoms with Gasteiger partial charge in [0.15, 0.2) is 5.16 Å². The van der Waals surface area contributed by atoms with Gasteiger partial charge in [-0.2, -0.15) is 0 Å². The molecule has 1 atom stereocenters. The van der Waals surface area contributed by atoms with Crippen molar-refractivity contribution in [3.8, 4) is 0 Å². The first-order chi connectivity index (χ1) is 14.2. The van der Waals surface area contributed by atoms with Gasteiger partial charge in [-0.3, -0.25) is 14.2 Å². The maximum absolute atomic E-state index is 13.1. The number of aryl methyl sites for hydroxylation is 1. The Hall–Kier alpha value is -2.69. The van der Waals surface area contributed by atoms with Gasteiger partial charge in [-0.05, 0) is 43.2 Å². The molecule has 0 aliphatic heterocycles. The number of nitrogens with one attached hydrogen (secondary N) is 1. The summed E-state index contributed by atoms with van der Waals surface area (Å²) in [5.41, 5.74) is 1.23. The maximum atomic E-state index is 13.1. The molecule has 30 heavy (non-hydrogen) atoms. The van der Waals surface area contributed by atoms with Crippen LogP contribution in [0.1, 0.15) is 12.5 Å². The van der Waals surface area contributed by atoms with Crippen molar-refractivity contribution < 1.29 is 13.2 Å². The molecule has 0 spiro atoms. The molecule has 3 aromatic rings. The van der Waals surface area contributed by atoms with E-state index in [1.54, 1.807) is 48.9 Å². The lowest BCUT2D eigenvalue weighted by Gasteiger charge is -2.16. The van der Waals surface area contributed by atoms with E-state index in [0.717, 1.165) is 5.56 Å². The minimum atomic E-state index is -3.76. The van der Waals surface area contributed by atoms with Crippen LogP contribution in [0.5, 0.6) is 0 Å². The first-order valence-electron chi connectivity index (χ1n) is 9.20. The van der Waals surface area contributed by atoms with E-state index in [4.69, 9.17) is 5.14 Å². The lowest BCUT2D eigenvalue weighted by Crippen LogP contribution is -2.29. The van der Waals surface area contributed by atoms with Gasteiger partial charge in [-0.15, -0.1) is 0 Å². The number of sulfonamides is 1. The van der Waals surface area contributed by atoms with Crippen molar-refractivity contribution in [1.82, 2.24) is 14.9 Å². The number of aromatic nitrogens is 2. The third-order valence-electron chi connectivity index (χ3n) is 4.60. The standard InChI is InChI=1S/C20H22N4O4S2/c1-13(18(25)22-2)29-20-23-17-6-4-3-5-16(17)19(26)24(20)12-11-14-7-9-15(10-8-14)30(21,27)28/h3-10,13H,11-12H2,1-2H3,(H,22,25)(H2,21,27,28). The first-order valence-corrected chi connectivity index (χ1v) is 11.6. The Morgan fingerprint density at radius 1 is 1.20 bits per heavy atom. The summed E-state index contributed by atoms with van der Waals surface area (Å²) >= 11 is 1.22. The number of primary sulfonamides is 1. The van der Waals surface area contributed by atoms with Gasteiger partial charge in [-0.25, -0.2) is 18.5 Å². The molecule has 0 radical (unpaired) electrons. The second-order valence-corrected chi connectivity index (χ2v) is 9.55. The molecule has 0 aliphatic carbocycles. The second-order valence-electron chi connectivity index (χ2n) is 6.68. The molecule has 1 heterocycles. The summed E-state index contributed by atoms with van der Waals surface area (Å²) in [6, 6.07) is 13.3. The van der Waals surface area contributed by atoms with Gasteiger partial charge in [-0.1, -0.05) is 36.0 Å². The Morgan fingerprint density at radius 2 is 1.87 bits per heavy atom. The molecule has 3 N–H and O–H groups in total. The number of hydrogen-bond acceptors (Lipinski definition) is 6. The summed E-state index contributed by atoms with van der Waals surface area (Å²) in [4.78, 5) is 29.7. The molecule has 0 bridgehead atoms. The summed E-state index contributed by atoms with van der Waals surface area (Å²) in [6.07, 6.45) is 0.479. The highest BCUT2D eigenvalue weighted by Crippen LogP contribution is 2.23. The monoisotopic (exact) mass is 446 g/mol. The quantitative estimate of drug-likeness (QED) is 0.419. The fourth-order valence-electron chi connectivity index (χ4n) is 2.94. The van der Waals surface area contributed by atoms with Gasteiger partial charge in [0, 0.05) is 13.6 Å². The number of carbonyl (C=O) groups excluding carboxylic acids is 1. The number of rotatable bonds is 7. The summed E-state index contributed by atoms with van der Waals surface area (Å²) in [7, 11) is -2.19. The predicted octanol–water partition coefficient (Wildman–Crippen LogP) is 1.51. The van der Waals surface area contributed by atoms with Crippen LogP contribution in [0.25, 0.3) is 10.9 Å². The molecule has 2 aromatic carbocycles. The van der Waals surface area contributed by atoms with Crippen molar-refractivity contribution in [3.63, 3.8) is 0 Å². The van der Waals surface area contributed by atoms with Gasteiger partial charge in [0.2, 0.25) is 15.9 Å². The van der Waals surface area contributed by atoms with Crippen molar-refractivity contribution in [3.05, 3.63) is 64.4 Å². The number of carbonyl (C=O) groups is 1. The molecule has 0 saturated heterocycles. The molecule has 10 heteroatoms. The normalized spacial score (nSPS) is 12.6. The number of amides is 1. The zero-order valence-corrected chi connectivity index (χ0v) is 18.2. The molecule has 8 nitrogen and oxygen atoms in total. The fraction of sp³-hybridized carbons (Fsp3) is 0.250. The van der Waals surface area contributed by atoms with Crippen LogP contribution >= 0.6 is 11.8 Å². The summed E-state index contributed by atoms with van der Waals surface area (Å²) in [5, 5.41) is 8.25. The Bertz CT molecular complexity index is 1240. The minimum Gasteiger partial charge on any atom is -0.358 e. The van der Waals surface area contributed by atoms with E-state index in [2.05, 4.69) is 10.3 Å². The zero-order chi connectivity index (χ0) is 21.9. The molecule has 3 rings (SSSR count). The number of nitrogens with two attached hydrogens (primary N) is 1. The van der Waals surface area contributed by atoms with E-state index in [1.165, 1.54) is 23.9 Å². The molecule has 1 unspecified atom stereocenters. The summed E-state index contributed by atoms with van der Waals surface area (Å²) < 4.78 is 24.4. The lowest BCUT2D eigenvalue weighted by molar-refractivity contribution is -0.119. The van der Waals surface area contributed by atoms with Crippen LogP contribution in [0.4, 0.5) is 0 Å². The van der Waals surface area contributed by atoms with E-state index in [-0.39, 0.29) is 16.4 Å². The van der Waals surface area contributed by atoms with Gasteiger partial charge < -0.3 is 5.32 Å². The van der Waals surface area contributed by atoms with Crippen molar-refractivity contribution in [2.75, 3.05) is 7.05 Å². The summed E-state index contributed by atoms with van der Waals surface area (Å²) in [5.74, 6) is -0.160. The molecule has 158 valence electrons. The number of hydrogen-bond donors (Lipinski definition) is 2. The Labute approximate surface area is 178 Å². The summed E-state index contributed by atoms with van der Waals surface area (Å²) in [6.45, 7) is 2.08. The molecule has 1 aromatic heterocycles. The molecule has 0 fully saturated rings. The smallest absolute Gasteiger partial charge is 0.262 e. The number of thioether (sulfide) groups is 1. The highest BCUT2D eigenvalue weighted by Gasteiger charge is 2.18. The molecular formula is C20H22N4O4S2. The largest absolute Gasteiger partial charge is 0.358 e. The molecule has 0 saturated carbocycles. The van der Waals surface area contributed by atoms with Crippen molar-refractivity contribution in [2.45, 2.75) is 35.2 Å². The molecule has 0 aliphatic rings. The highest BCUT2D eigenvalue weighted by atomic mass is 32.2. The first kappa shape index (κ1) is 22.0. The van der Waals surface area contributed by atoms with Crippen molar-refractivity contribution >= 4 is 38.6 Å². The van der Waals surface area contributed by atoms with Crippen LogP contribution in [0.3, 0.4) is 0 Å². The van der Waals surface area contributed by atoms with Crippen LogP contribution in [0, 0.1) is 0 Å². The van der Waals surface area contributed by atoms with Crippen LogP contribution in [0.15, 0.2) is 63.4 Å². The van der Waals surface area contributed by atoms with E-state index in [0.29, 0.717) is 29.0 Å². The van der Waals surface area contributed by atoms with E-state index in [1.807, 2.05) is 6.07 Å². The van der Waals surface area contributed by atoms with E-state index >= 15 is 0 Å². The topological polar surface area (TPSA) is 124 Å². The van der Waals surface area contributed by atoms with Gasteiger partial charge in [0.05, 0.1) is 21.0 Å². The van der Waals surface area contributed by atoms with Gasteiger partial charge >= 0.3 is 0 Å². The number of fused-ring (bicyclic) bond motifs is 1. The van der Waals surface area contributed by atoms with Crippen molar-refractivity contribution in [1.29, 1.82) is 0 Å². The third-order valence-corrected chi connectivity index (χ3v) is 6.62. The SMILES string of the molecule is CNC(=O)C(C)Sc1nc2ccccc2c(=O)n1CCc1ccc(S(N)(=O)=O)cc1. The average molecular weight is 447 g/mol. The zero-order valence-electron chi connectivity index (χ0n) is 16.5. The van der Waals surface area contributed by atoms with Crippen molar-refractivity contribution in [2.24, 2.45) is 5.14 Å². The predicted molar refractivity (Wildman–Crippen MR) is 117 cm³/mol. The second kappa shape index (κ2) is 8.99. The lowest BCUT2D eigenvalue weighted by atomic mass is 10.1. The van der Waals surface area contributed by atoms with Crippen LogP contribution in [-0.4, -0.2) is 36.2 Å². The van der Waals surface area contributed by atoms with Gasteiger partial charge in [0.25, 0.3) is 5.56 Å². The van der Waals surface area contributed by atoms with Crippen LogP contribution < -0.4 is 16.0 Å². The molecule has 1 amide bonds. The Balaban J connectivity index is 1.94. The van der Waals surface area contributed by atoms with Crippen LogP contribution in [-0.2, 0) is 27.8 Å². The maximum Gasteiger partial charge on any atom is 0.262 e. The fourth-order valence-corrected chi connectivity index (χ4v) is 4.45. The highest BCUT2D eigenvalue weighted by molar-refractivity contribution is 8.00. The van der Waals surface area contributed by atoms with E-state index < -0.39 is 15.3 Å². The van der Waals surface area contributed by atoms with Gasteiger partial charge in [0.1, 0.15) is 0 Å². The number of nitrogens with zero attached hydrogens (tertiary/aromatic N) is 2. The third kappa shape index (κ3) is 4.89. The van der Waals surface area contributed by atoms with Crippen LogP contribution in [0.2, 0.25) is 0 Å². The average Bonchev–Trinajstić information content (AvgIpc) is 2.72. The Kier molecular flexibility index (Phi) is 6.59. The molecular weight excluding hydrogens is 424 g/mol. The number of benzene rings is 2. The number of para-hydroxylation sites is 1.